The molecule has 1 radical (unpaired) electrons. The molecule has 5 rings (SSSR count). The van der Waals surface area contributed by atoms with E-state index < -0.39 is 34.6 Å². The normalized spacial score (nSPS) is 21.6. The second-order valence-corrected chi connectivity index (χ2v) is 8.11. The molecule has 163 valence electrons. The molecule has 0 saturated carbocycles. The first kappa shape index (κ1) is 22.9. The minimum Gasteiger partial charge on any atom is -0.503 e. The number of nitrogens with one attached hydrogen (secondary N) is 1. The molecule has 0 spiro atoms. The molecule has 32 heavy (non-hydrogen) atoms. The van der Waals surface area contributed by atoms with Crippen molar-refractivity contribution in [2.45, 2.75) is 38.1 Å². The summed E-state index contributed by atoms with van der Waals surface area (Å²) in [6.45, 7) is 1.50. The van der Waals surface area contributed by atoms with Gasteiger partial charge in [-0.05, 0) is 18.9 Å². The van der Waals surface area contributed by atoms with Crippen LogP contribution in [0.5, 0.6) is 5.75 Å². The van der Waals surface area contributed by atoms with Crippen molar-refractivity contribution in [3.05, 3.63) is 63.1 Å². The average molecular weight is 453 g/mol. The number of pyridine rings is 1. The smallest absolute Gasteiger partial charge is 0.275 e. The van der Waals surface area contributed by atoms with E-state index >= 15 is 0 Å². The summed E-state index contributed by atoms with van der Waals surface area (Å²) in [6.07, 6.45) is 3.14. The van der Waals surface area contributed by atoms with Gasteiger partial charge < -0.3 is 19.9 Å². The van der Waals surface area contributed by atoms with Gasteiger partial charge in [0, 0.05) is 73.1 Å². The molecule has 2 N–H and O–H groups in total. The summed E-state index contributed by atoms with van der Waals surface area (Å²) < 4.78 is 28.3. The molecule has 1 aromatic heterocycles. The van der Waals surface area contributed by atoms with Crippen LogP contribution >= 0.6 is 0 Å². The molecule has 2 amide bonds. The number of rotatable bonds is 3. The number of nitrogens with zero attached hydrogens (tertiary/aromatic N) is 3. The number of hydrogen-bond donors (Lipinski definition) is 2. The van der Waals surface area contributed by atoms with E-state index in [0.29, 0.717) is 19.2 Å². The van der Waals surface area contributed by atoms with Crippen LogP contribution in [0.4, 0.5) is 8.78 Å². The minimum atomic E-state index is -0.963. The Labute approximate surface area is 204 Å². The third-order valence-corrected chi connectivity index (χ3v) is 6.35. The van der Waals surface area contributed by atoms with Gasteiger partial charge >= 0.3 is 0 Å². The maximum Gasteiger partial charge on any atom is 0.275 e. The Morgan fingerprint density at radius 1 is 1.22 bits per heavy atom. The monoisotopic (exact) mass is 453 g/mol. The second kappa shape index (κ2) is 8.58. The number of amides is 2. The molecule has 2 fully saturated rings. The van der Waals surface area contributed by atoms with E-state index in [4.69, 9.17) is 0 Å². The Morgan fingerprint density at radius 3 is 2.75 bits per heavy atom. The molecule has 0 unspecified atom stereocenters. The van der Waals surface area contributed by atoms with E-state index in [1.165, 1.54) is 16.8 Å². The van der Waals surface area contributed by atoms with E-state index in [1.54, 1.807) is 4.90 Å². The fraction of sp³-hybridized carbons (Fsp3) is 0.381. The van der Waals surface area contributed by atoms with Crippen molar-refractivity contribution < 1.29 is 23.5 Å². The third kappa shape index (κ3) is 3.64. The van der Waals surface area contributed by atoms with Crippen molar-refractivity contribution in [2.75, 3.05) is 13.1 Å². The summed E-state index contributed by atoms with van der Waals surface area (Å²) >= 11 is 0. The maximum atomic E-state index is 13.8. The number of aromatic hydroxyl groups is 1. The Hall–Kier alpha value is -2.27. The van der Waals surface area contributed by atoms with Gasteiger partial charge in [0.1, 0.15) is 23.4 Å². The first-order valence-corrected chi connectivity index (χ1v) is 10.1. The number of hydrogen-bond acceptors (Lipinski definition) is 5. The molecular weight excluding hydrogens is 433 g/mol. The van der Waals surface area contributed by atoms with Crippen LogP contribution in [0, 0.1) is 11.6 Å². The molecule has 2 saturated heterocycles. The van der Waals surface area contributed by atoms with E-state index in [9.17, 15) is 28.3 Å². The van der Waals surface area contributed by atoms with E-state index in [1.807, 2.05) is 0 Å². The molecule has 0 aliphatic carbocycles. The summed E-state index contributed by atoms with van der Waals surface area (Å²) in [5, 5.41) is 12.9. The number of aromatic nitrogens is 1. The minimum absolute atomic E-state index is 0. The van der Waals surface area contributed by atoms with Crippen LogP contribution in [0.1, 0.15) is 39.3 Å². The summed E-state index contributed by atoms with van der Waals surface area (Å²) in [5.74, 6) is -3.58. The van der Waals surface area contributed by atoms with Crippen molar-refractivity contribution in [3.8, 4) is 5.75 Å². The first-order valence-electron chi connectivity index (χ1n) is 10.1. The van der Waals surface area contributed by atoms with E-state index in [2.05, 4.69) is 10.2 Å². The number of carbonyl (C=O) groups is 2. The third-order valence-electron chi connectivity index (χ3n) is 6.35. The zero-order valence-electron chi connectivity index (χ0n) is 17.5. The molecule has 3 aliphatic rings. The van der Waals surface area contributed by atoms with Crippen LogP contribution in [-0.4, -0.2) is 86.1 Å². The van der Waals surface area contributed by atoms with Crippen molar-refractivity contribution in [2.24, 2.45) is 0 Å². The van der Waals surface area contributed by atoms with Crippen LogP contribution in [0.25, 0.3) is 0 Å². The summed E-state index contributed by atoms with van der Waals surface area (Å²) in [7, 11) is 0. The predicted octanol–water partition coefficient (Wildman–Crippen LogP) is 0.641. The molecule has 2 aromatic rings. The van der Waals surface area contributed by atoms with Gasteiger partial charge in [-0.1, -0.05) is 6.07 Å². The second-order valence-electron chi connectivity index (χ2n) is 8.11. The van der Waals surface area contributed by atoms with Crippen molar-refractivity contribution in [1.82, 2.24) is 19.7 Å². The molecule has 11 heteroatoms. The number of carbonyl (C=O) groups excluding carboxylic acids is 2. The average Bonchev–Trinajstić information content (AvgIpc) is 3.32. The Morgan fingerprint density at radius 2 is 2.00 bits per heavy atom. The zero-order chi connectivity index (χ0) is 21.9. The van der Waals surface area contributed by atoms with Gasteiger partial charge in [0.25, 0.3) is 11.8 Å². The molecule has 8 nitrogen and oxygen atoms in total. The van der Waals surface area contributed by atoms with Crippen molar-refractivity contribution >= 4 is 41.4 Å². The van der Waals surface area contributed by atoms with Gasteiger partial charge in [0.05, 0.1) is 6.54 Å². The van der Waals surface area contributed by atoms with E-state index in [0.717, 1.165) is 25.5 Å². The van der Waals surface area contributed by atoms with Gasteiger partial charge in [-0.3, -0.25) is 19.3 Å². The number of halogens is 2. The number of fused-ring (bicyclic) bond motifs is 4. The summed E-state index contributed by atoms with van der Waals surface area (Å²) in [5.41, 5.74) is -1.38. The van der Waals surface area contributed by atoms with Crippen LogP contribution in [0.2, 0.25) is 0 Å². The molecule has 4 heterocycles. The Balaban J connectivity index is 0.00000245. The first-order chi connectivity index (χ1) is 14.8. The molecule has 1 aromatic carbocycles. The van der Waals surface area contributed by atoms with Crippen LogP contribution in [-0.2, 0) is 13.1 Å². The molecule has 3 aliphatic heterocycles. The molecule has 2 atom stereocenters. The topological polar surface area (TPSA) is 94.9 Å². The van der Waals surface area contributed by atoms with Crippen LogP contribution in [0.15, 0.2) is 29.2 Å². The molecular formula is C21H20F2N4NaO4. The zero-order valence-corrected chi connectivity index (χ0v) is 19.5. The van der Waals surface area contributed by atoms with Crippen LogP contribution < -0.4 is 10.7 Å². The quantitative estimate of drug-likeness (QED) is 0.666. The Kier molecular flexibility index (Phi) is 6.15. The SMILES string of the molecule is O=C(NCc1ccc(F)cc1F)c1cn2c(c(O)c1=O)C(=O)N1C[C@H]3CCCN3[C@@H]1C2.[Na]. The van der Waals surface area contributed by atoms with Gasteiger partial charge in [-0.15, -0.1) is 0 Å². The maximum absolute atomic E-state index is 13.8. The predicted molar refractivity (Wildman–Crippen MR) is 110 cm³/mol. The van der Waals surface area contributed by atoms with Crippen LogP contribution in [0.3, 0.4) is 0 Å². The van der Waals surface area contributed by atoms with Gasteiger partial charge in [0.2, 0.25) is 5.43 Å². The summed E-state index contributed by atoms with van der Waals surface area (Å²) in [6, 6.07) is 3.23. The van der Waals surface area contributed by atoms with Crippen molar-refractivity contribution in [3.63, 3.8) is 0 Å². The fourth-order valence-electron chi connectivity index (χ4n) is 4.82. The van der Waals surface area contributed by atoms with Crippen molar-refractivity contribution in [1.29, 1.82) is 0 Å². The summed E-state index contributed by atoms with van der Waals surface area (Å²) in [4.78, 5) is 42.1. The van der Waals surface area contributed by atoms with Gasteiger partial charge in [-0.2, -0.15) is 0 Å². The number of benzene rings is 1. The van der Waals surface area contributed by atoms with E-state index in [-0.39, 0.29) is 65.1 Å². The van der Waals surface area contributed by atoms with Gasteiger partial charge in [-0.25, -0.2) is 8.78 Å². The molecule has 0 bridgehead atoms. The fourth-order valence-corrected chi connectivity index (χ4v) is 4.82. The standard InChI is InChI=1S/C21H20F2N4O4.Na/c22-12-4-3-11(15(23)6-12)7-24-20(30)14-9-25-10-16-26-5-1-2-13(26)8-27(16)21(31)17(25)19(29)18(14)28;/h3-4,6,9,13,16,29H,1-2,5,7-8,10H2,(H,24,30);/t13-,16+;/m1./s1. The Bertz CT molecular complexity index is 1170. The largest absolute Gasteiger partial charge is 0.503 e. The van der Waals surface area contributed by atoms with Gasteiger partial charge in [0.15, 0.2) is 11.4 Å².